The monoisotopic (exact) mass is 234 g/mol. The van der Waals surface area contributed by atoms with Gasteiger partial charge in [-0.2, -0.15) is 0 Å². The molecule has 0 aliphatic heterocycles. The van der Waals surface area contributed by atoms with Gasteiger partial charge in [0, 0.05) is 17.0 Å². The number of nitrogens with one attached hydrogen (secondary N) is 1. The van der Waals surface area contributed by atoms with Crippen molar-refractivity contribution in [3.05, 3.63) is 34.2 Å². The molecule has 0 saturated heterocycles. The molecule has 6 nitrogen and oxygen atoms in total. The first kappa shape index (κ1) is 12.9. The number of carbonyl (C=O) groups is 1. The second-order valence-electron chi connectivity index (χ2n) is 3.16. The van der Waals surface area contributed by atoms with Crippen LogP contribution in [0.1, 0.15) is 24.2 Å². The largest absolute Gasteiger partial charge is 0.493 e. The summed E-state index contributed by atoms with van der Waals surface area (Å²) in [7, 11) is 0. The van der Waals surface area contributed by atoms with Gasteiger partial charge >= 0.3 is 0 Å². The molecule has 90 valence electrons. The summed E-state index contributed by atoms with van der Waals surface area (Å²) in [5.74, 6) is 0.231. The van der Waals surface area contributed by atoms with Gasteiger partial charge in [0.2, 0.25) is 0 Å². The summed E-state index contributed by atoms with van der Waals surface area (Å²) in [5, 5.41) is 6.18. The van der Waals surface area contributed by atoms with E-state index in [9.17, 15) is 4.79 Å². The van der Waals surface area contributed by atoms with Crippen molar-refractivity contribution in [2.24, 2.45) is 5.11 Å². The molecule has 0 unspecified atom stereocenters. The number of hydrogen-bond acceptors (Lipinski definition) is 3. The van der Waals surface area contributed by atoms with Crippen LogP contribution in [-0.4, -0.2) is 19.1 Å². The summed E-state index contributed by atoms with van der Waals surface area (Å²) in [4.78, 5) is 14.3. The Morgan fingerprint density at radius 2 is 2.29 bits per heavy atom. The van der Waals surface area contributed by atoms with E-state index in [1.165, 1.54) is 0 Å². The highest BCUT2D eigenvalue weighted by Gasteiger charge is 2.08. The van der Waals surface area contributed by atoms with Gasteiger partial charge < -0.3 is 10.1 Å². The summed E-state index contributed by atoms with van der Waals surface area (Å²) in [6, 6.07) is 4.73. The molecule has 1 aromatic rings. The van der Waals surface area contributed by atoms with E-state index in [1.807, 2.05) is 13.8 Å². The number of ether oxygens (including phenoxy) is 1. The lowest BCUT2D eigenvalue weighted by molar-refractivity contribution is 0.0955. The number of azide groups is 1. The molecule has 1 aromatic carbocycles. The van der Waals surface area contributed by atoms with E-state index in [2.05, 4.69) is 15.3 Å². The predicted molar refractivity (Wildman–Crippen MR) is 64.4 cm³/mol. The zero-order valence-electron chi connectivity index (χ0n) is 9.80. The van der Waals surface area contributed by atoms with Crippen LogP contribution < -0.4 is 10.1 Å². The molecule has 17 heavy (non-hydrogen) atoms. The molecule has 0 fully saturated rings. The van der Waals surface area contributed by atoms with Crippen LogP contribution >= 0.6 is 0 Å². The third-order valence-electron chi connectivity index (χ3n) is 2.01. The Morgan fingerprint density at radius 3 is 2.88 bits per heavy atom. The average Bonchev–Trinajstić information content (AvgIpc) is 2.32. The van der Waals surface area contributed by atoms with Crippen molar-refractivity contribution in [2.75, 3.05) is 13.2 Å². The first-order valence-corrected chi connectivity index (χ1v) is 5.33. The Balaban J connectivity index is 3.08. The zero-order valence-corrected chi connectivity index (χ0v) is 9.80. The van der Waals surface area contributed by atoms with Gasteiger partial charge in [0.05, 0.1) is 12.3 Å². The minimum Gasteiger partial charge on any atom is -0.493 e. The first-order chi connectivity index (χ1) is 8.22. The minimum absolute atomic E-state index is 0.180. The Hall–Kier alpha value is -2.20. The fourth-order valence-corrected chi connectivity index (χ4v) is 1.32. The summed E-state index contributed by atoms with van der Waals surface area (Å²) in [6.45, 7) is 4.65. The zero-order chi connectivity index (χ0) is 12.7. The highest BCUT2D eigenvalue weighted by Crippen LogP contribution is 2.28. The van der Waals surface area contributed by atoms with Crippen molar-refractivity contribution in [3.63, 3.8) is 0 Å². The van der Waals surface area contributed by atoms with Crippen LogP contribution in [0.25, 0.3) is 10.4 Å². The Morgan fingerprint density at radius 1 is 1.53 bits per heavy atom. The molecule has 0 saturated carbocycles. The smallest absolute Gasteiger partial charge is 0.251 e. The van der Waals surface area contributed by atoms with Crippen molar-refractivity contribution in [2.45, 2.75) is 13.8 Å². The molecule has 0 aromatic heterocycles. The van der Waals surface area contributed by atoms with E-state index in [1.54, 1.807) is 18.2 Å². The highest BCUT2D eigenvalue weighted by molar-refractivity contribution is 5.95. The van der Waals surface area contributed by atoms with Gasteiger partial charge in [0.1, 0.15) is 5.75 Å². The molecule has 0 aliphatic carbocycles. The topological polar surface area (TPSA) is 87.1 Å². The lowest BCUT2D eigenvalue weighted by Gasteiger charge is -2.08. The van der Waals surface area contributed by atoms with Crippen molar-refractivity contribution >= 4 is 11.6 Å². The maximum Gasteiger partial charge on any atom is 0.251 e. The van der Waals surface area contributed by atoms with Crippen LogP contribution in [0.4, 0.5) is 5.69 Å². The van der Waals surface area contributed by atoms with Crippen LogP contribution in [0.3, 0.4) is 0 Å². The molecule has 0 aliphatic rings. The Bertz CT molecular complexity index is 453. The lowest BCUT2D eigenvalue weighted by Crippen LogP contribution is -2.22. The first-order valence-electron chi connectivity index (χ1n) is 5.33. The molecule has 0 spiro atoms. The van der Waals surface area contributed by atoms with Crippen molar-refractivity contribution in [3.8, 4) is 5.75 Å². The third kappa shape index (κ3) is 3.39. The van der Waals surface area contributed by atoms with Gasteiger partial charge in [-0.15, -0.1) is 0 Å². The number of carbonyl (C=O) groups excluding carboxylic acids is 1. The molecule has 0 heterocycles. The second-order valence-corrected chi connectivity index (χ2v) is 3.16. The van der Waals surface area contributed by atoms with Crippen molar-refractivity contribution < 1.29 is 9.53 Å². The number of hydrogen-bond donors (Lipinski definition) is 1. The molecule has 1 N–H and O–H groups in total. The van der Waals surface area contributed by atoms with Gasteiger partial charge in [-0.3, -0.25) is 4.79 Å². The normalized spacial score (nSPS) is 9.29. The van der Waals surface area contributed by atoms with Gasteiger partial charge in [0.25, 0.3) is 5.91 Å². The summed E-state index contributed by atoms with van der Waals surface area (Å²) < 4.78 is 5.31. The fourth-order valence-electron chi connectivity index (χ4n) is 1.32. The standard InChI is InChI=1S/C11H14N4O2/c1-3-13-11(16)8-5-6-9(14-15-12)10(7-8)17-4-2/h5-7H,3-4H2,1-2H3,(H,13,16). The van der Waals surface area contributed by atoms with E-state index in [0.717, 1.165) is 0 Å². The van der Waals surface area contributed by atoms with Crippen LogP contribution in [-0.2, 0) is 0 Å². The van der Waals surface area contributed by atoms with Gasteiger partial charge in [-0.1, -0.05) is 5.11 Å². The maximum absolute atomic E-state index is 11.6. The number of benzene rings is 1. The number of amides is 1. The molecule has 0 atom stereocenters. The van der Waals surface area contributed by atoms with Gasteiger partial charge in [-0.05, 0) is 37.6 Å². The summed E-state index contributed by atoms with van der Waals surface area (Å²) in [5.41, 5.74) is 9.25. The van der Waals surface area contributed by atoms with E-state index >= 15 is 0 Å². The number of rotatable bonds is 5. The predicted octanol–water partition coefficient (Wildman–Crippen LogP) is 2.78. The summed E-state index contributed by atoms with van der Waals surface area (Å²) in [6.07, 6.45) is 0. The maximum atomic E-state index is 11.6. The Kier molecular flexibility index (Phi) is 4.84. The minimum atomic E-state index is -0.180. The molecule has 0 bridgehead atoms. The van der Waals surface area contributed by atoms with Crippen LogP contribution in [0.5, 0.6) is 5.75 Å². The van der Waals surface area contributed by atoms with Crippen LogP contribution in [0, 0.1) is 0 Å². The van der Waals surface area contributed by atoms with E-state index < -0.39 is 0 Å². The van der Waals surface area contributed by atoms with Crippen LogP contribution in [0.15, 0.2) is 23.3 Å². The number of nitrogens with zero attached hydrogens (tertiary/aromatic N) is 3. The lowest BCUT2D eigenvalue weighted by atomic mass is 10.2. The summed E-state index contributed by atoms with van der Waals surface area (Å²) >= 11 is 0. The third-order valence-corrected chi connectivity index (χ3v) is 2.01. The quantitative estimate of drug-likeness (QED) is 0.482. The second kappa shape index (κ2) is 6.40. The molecule has 1 rings (SSSR count). The van der Waals surface area contributed by atoms with E-state index in [0.29, 0.717) is 30.2 Å². The molecular weight excluding hydrogens is 220 g/mol. The van der Waals surface area contributed by atoms with E-state index in [4.69, 9.17) is 10.3 Å². The van der Waals surface area contributed by atoms with Crippen molar-refractivity contribution in [1.29, 1.82) is 0 Å². The molecular formula is C11H14N4O2. The molecule has 6 heteroatoms. The Labute approximate surface area is 99.2 Å². The van der Waals surface area contributed by atoms with Crippen molar-refractivity contribution in [1.82, 2.24) is 5.32 Å². The SMILES string of the molecule is CCNC(=O)c1ccc(N=[N+]=[N-])c(OCC)c1. The fraction of sp³-hybridized carbons (Fsp3) is 0.364. The average molecular weight is 234 g/mol. The van der Waals surface area contributed by atoms with E-state index in [-0.39, 0.29) is 5.91 Å². The molecule has 0 radical (unpaired) electrons. The highest BCUT2D eigenvalue weighted by atomic mass is 16.5. The van der Waals surface area contributed by atoms with Crippen LogP contribution in [0.2, 0.25) is 0 Å². The molecule has 1 amide bonds. The van der Waals surface area contributed by atoms with Gasteiger partial charge in [-0.25, -0.2) is 0 Å². The van der Waals surface area contributed by atoms with Gasteiger partial charge in [0.15, 0.2) is 0 Å².